The van der Waals surface area contributed by atoms with E-state index < -0.39 is 0 Å². The Bertz CT molecular complexity index is 431. The second kappa shape index (κ2) is 6.62. The molecular weight excluding hydrogens is 246 g/mol. The molecule has 2 nitrogen and oxygen atoms in total. The molecule has 0 spiro atoms. The van der Waals surface area contributed by atoms with Crippen molar-refractivity contribution >= 4 is 0 Å². The van der Waals surface area contributed by atoms with Gasteiger partial charge in [0.1, 0.15) is 5.75 Å². The molecule has 110 valence electrons. The van der Waals surface area contributed by atoms with Gasteiger partial charge in [0.25, 0.3) is 0 Å². The van der Waals surface area contributed by atoms with Crippen molar-refractivity contribution in [3.8, 4) is 5.75 Å². The van der Waals surface area contributed by atoms with Gasteiger partial charge >= 0.3 is 0 Å². The Balaban J connectivity index is 1.66. The molecule has 1 aromatic carbocycles. The molecule has 1 N–H and O–H groups in total. The SMILES string of the molecule is Cc1ccc(OC2CCCCCC2)c(CNC2CC2)c1. The summed E-state index contributed by atoms with van der Waals surface area (Å²) < 4.78 is 6.33. The topological polar surface area (TPSA) is 21.3 Å². The predicted molar refractivity (Wildman–Crippen MR) is 83.2 cm³/mol. The van der Waals surface area contributed by atoms with Crippen molar-refractivity contribution in [1.29, 1.82) is 0 Å². The van der Waals surface area contributed by atoms with Crippen molar-refractivity contribution < 1.29 is 4.74 Å². The number of benzene rings is 1. The molecule has 20 heavy (non-hydrogen) atoms. The van der Waals surface area contributed by atoms with Gasteiger partial charge in [0.15, 0.2) is 0 Å². The molecule has 0 aliphatic heterocycles. The molecule has 2 saturated carbocycles. The summed E-state index contributed by atoms with van der Waals surface area (Å²) in [6.45, 7) is 3.12. The summed E-state index contributed by atoms with van der Waals surface area (Å²) in [5, 5.41) is 3.61. The van der Waals surface area contributed by atoms with Crippen molar-refractivity contribution in [3.05, 3.63) is 29.3 Å². The first-order valence-electron chi connectivity index (χ1n) is 8.31. The monoisotopic (exact) mass is 273 g/mol. The molecular formula is C18H27NO. The lowest BCUT2D eigenvalue weighted by atomic mass is 10.1. The fraction of sp³-hybridized carbons (Fsp3) is 0.667. The van der Waals surface area contributed by atoms with Crippen LogP contribution in [0, 0.1) is 6.92 Å². The number of nitrogens with one attached hydrogen (secondary N) is 1. The largest absolute Gasteiger partial charge is 0.490 e. The van der Waals surface area contributed by atoms with Crippen LogP contribution < -0.4 is 10.1 Å². The number of hydrogen-bond donors (Lipinski definition) is 1. The highest BCUT2D eigenvalue weighted by Gasteiger charge is 2.21. The summed E-state index contributed by atoms with van der Waals surface area (Å²) in [5.41, 5.74) is 2.66. The molecule has 0 bridgehead atoms. The third-order valence-corrected chi connectivity index (χ3v) is 4.47. The van der Waals surface area contributed by atoms with Crippen LogP contribution in [0.25, 0.3) is 0 Å². The van der Waals surface area contributed by atoms with E-state index in [4.69, 9.17) is 4.74 Å². The van der Waals surface area contributed by atoms with Gasteiger partial charge in [-0.3, -0.25) is 0 Å². The van der Waals surface area contributed by atoms with E-state index in [0.717, 1.165) is 18.3 Å². The Morgan fingerprint density at radius 3 is 2.50 bits per heavy atom. The Morgan fingerprint density at radius 2 is 1.80 bits per heavy atom. The molecule has 0 atom stereocenters. The minimum atomic E-state index is 0.430. The third-order valence-electron chi connectivity index (χ3n) is 4.47. The van der Waals surface area contributed by atoms with Gasteiger partial charge in [-0.25, -0.2) is 0 Å². The molecule has 2 fully saturated rings. The van der Waals surface area contributed by atoms with Crippen LogP contribution >= 0.6 is 0 Å². The molecule has 3 rings (SSSR count). The molecule has 2 aliphatic rings. The third kappa shape index (κ3) is 3.99. The van der Waals surface area contributed by atoms with Crippen LogP contribution in [0.3, 0.4) is 0 Å². The van der Waals surface area contributed by atoms with E-state index in [2.05, 4.69) is 30.4 Å². The Labute approximate surface area is 122 Å². The van der Waals surface area contributed by atoms with Gasteiger partial charge in [-0.2, -0.15) is 0 Å². The first kappa shape index (κ1) is 13.9. The predicted octanol–water partition coefficient (Wildman–Crippen LogP) is 4.35. The molecule has 0 unspecified atom stereocenters. The summed E-state index contributed by atoms with van der Waals surface area (Å²) in [5.74, 6) is 1.11. The average Bonchev–Trinajstić information content (AvgIpc) is 3.26. The first-order chi connectivity index (χ1) is 9.81. The summed E-state index contributed by atoms with van der Waals surface area (Å²) in [6.07, 6.45) is 11.0. The fourth-order valence-electron chi connectivity index (χ4n) is 3.04. The lowest BCUT2D eigenvalue weighted by Crippen LogP contribution is -2.19. The van der Waals surface area contributed by atoms with Crippen molar-refractivity contribution in [2.24, 2.45) is 0 Å². The van der Waals surface area contributed by atoms with Gasteiger partial charge in [0.05, 0.1) is 6.10 Å². The Hall–Kier alpha value is -1.02. The second-order valence-corrected chi connectivity index (χ2v) is 6.50. The highest BCUT2D eigenvalue weighted by Crippen LogP contribution is 2.27. The zero-order chi connectivity index (χ0) is 13.8. The molecule has 2 heteroatoms. The van der Waals surface area contributed by atoms with Crippen molar-refractivity contribution in [1.82, 2.24) is 5.32 Å². The minimum absolute atomic E-state index is 0.430. The van der Waals surface area contributed by atoms with Gasteiger partial charge < -0.3 is 10.1 Å². The quantitative estimate of drug-likeness (QED) is 0.805. The molecule has 2 aliphatic carbocycles. The standard InChI is InChI=1S/C18H27NO/c1-14-8-11-18(15(12-14)13-19-16-9-10-16)20-17-6-4-2-3-5-7-17/h8,11-12,16-17,19H,2-7,9-10,13H2,1H3. The molecule has 0 saturated heterocycles. The summed E-state index contributed by atoms with van der Waals surface area (Å²) in [6, 6.07) is 7.37. The molecule has 0 radical (unpaired) electrons. The molecule has 0 heterocycles. The van der Waals surface area contributed by atoms with Crippen LogP contribution in [-0.4, -0.2) is 12.1 Å². The fourth-order valence-corrected chi connectivity index (χ4v) is 3.04. The van der Waals surface area contributed by atoms with Gasteiger partial charge in [0, 0.05) is 18.2 Å². The van der Waals surface area contributed by atoms with Crippen molar-refractivity contribution in [2.45, 2.75) is 77.0 Å². The molecule has 0 amide bonds. The maximum absolute atomic E-state index is 6.33. The van der Waals surface area contributed by atoms with E-state index >= 15 is 0 Å². The van der Waals surface area contributed by atoms with E-state index in [1.807, 2.05) is 0 Å². The lowest BCUT2D eigenvalue weighted by Gasteiger charge is -2.20. The van der Waals surface area contributed by atoms with Crippen LogP contribution in [0.4, 0.5) is 0 Å². The zero-order valence-electron chi connectivity index (χ0n) is 12.7. The van der Waals surface area contributed by atoms with Crippen molar-refractivity contribution in [3.63, 3.8) is 0 Å². The Morgan fingerprint density at radius 1 is 1.05 bits per heavy atom. The maximum Gasteiger partial charge on any atom is 0.124 e. The number of rotatable bonds is 5. The highest BCUT2D eigenvalue weighted by atomic mass is 16.5. The summed E-state index contributed by atoms with van der Waals surface area (Å²) in [7, 11) is 0. The van der Waals surface area contributed by atoms with Crippen LogP contribution in [0.5, 0.6) is 5.75 Å². The van der Waals surface area contributed by atoms with E-state index in [1.54, 1.807) is 0 Å². The highest BCUT2D eigenvalue weighted by molar-refractivity contribution is 5.37. The molecule has 0 aromatic heterocycles. The van der Waals surface area contributed by atoms with E-state index in [9.17, 15) is 0 Å². The maximum atomic E-state index is 6.33. The van der Waals surface area contributed by atoms with Crippen LogP contribution in [0.1, 0.15) is 62.5 Å². The number of aryl methyl sites for hydroxylation is 1. The van der Waals surface area contributed by atoms with Gasteiger partial charge in [-0.1, -0.05) is 30.5 Å². The van der Waals surface area contributed by atoms with E-state index in [0.29, 0.717) is 6.10 Å². The van der Waals surface area contributed by atoms with Gasteiger partial charge in [-0.05, 0) is 51.5 Å². The van der Waals surface area contributed by atoms with Gasteiger partial charge in [-0.15, -0.1) is 0 Å². The van der Waals surface area contributed by atoms with Crippen LogP contribution in [0.2, 0.25) is 0 Å². The number of ether oxygens (including phenoxy) is 1. The minimum Gasteiger partial charge on any atom is -0.490 e. The van der Waals surface area contributed by atoms with E-state index in [-0.39, 0.29) is 0 Å². The average molecular weight is 273 g/mol. The van der Waals surface area contributed by atoms with Crippen LogP contribution in [-0.2, 0) is 6.54 Å². The van der Waals surface area contributed by atoms with Crippen molar-refractivity contribution in [2.75, 3.05) is 0 Å². The Kier molecular flexibility index (Phi) is 4.62. The normalized spacial score (nSPS) is 20.6. The number of hydrogen-bond acceptors (Lipinski definition) is 2. The molecule has 1 aromatic rings. The smallest absolute Gasteiger partial charge is 0.124 e. The zero-order valence-corrected chi connectivity index (χ0v) is 12.7. The lowest BCUT2D eigenvalue weighted by molar-refractivity contribution is 0.181. The summed E-state index contributed by atoms with van der Waals surface area (Å²) >= 11 is 0. The summed E-state index contributed by atoms with van der Waals surface area (Å²) in [4.78, 5) is 0. The first-order valence-corrected chi connectivity index (χ1v) is 8.31. The van der Waals surface area contributed by atoms with E-state index in [1.165, 1.54) is 62.5 Å². The van der Waals surface area contributed by atoms with Gasteiger partial charge in [0.2, 0.25) is 0 Å². The second-order valence-electron chi connectivity index (χ2n) is 6.50. The van der Waals surface area contributed by atoms with Crippen LogP contribution in [0.15, 0.2) is 18.2 Å².